The van der Waals surface area contributed by atoms with Crippen molar-refractivity contribution in [2.75, 3.05) is 38.0 Å². The van der Waals surface area contributed by atoms with Gasteiger partial charge in [0.15, 0.2) is 5.84 Å². The minimum Gasteiger partial charge on any atom is -0.507 e. The molecule has 3 aromatic rings. The summed E-state index contributed by atoms with van der Waals surface area (Å²) in [5, 5.41) is 11.2. The van der Waals surface area contributed by atoms with Gasteiger partial charge in [-0.1, -0.05) is 65.8 Å². The summed E-state index contributed by atoms with van der Waals surface area (Å²) >= 11 is 0. The van der Waals surface area contributed by atoms with Crippen LogP contribution in [0, 0.1) is 0 Å². The molecule has 1 N–H and O–H groups in total. The van der Waals surface area contributed by atoms with Gasteiger partial charge in [0.1, 0.15) is 11.8 Å². The summed E-state index contributed by atoms with van der Waals surface area (Å²) in [4.78, 5) is 14.6. The summed E-state index contributed by atoms with van der Waals surface area (Å²) in [6.07, 6.45) is 0. The monoisotopic (exact) mass is 510 g/mol. The first-order valence-electron chi connectivity index (χ1n) is 13.3. The lowest BCUT2D eigenvalue weighted by molar-refractivity contribution is 0.423. The molecule has 3 aromatic carbocycles. The van der Waals surface area contributed by atoms with E-state index in [0.29, 0.717) is 11.6 Å². The van der Waals surface area contributed by atoms with Crippen molar-refractivity contribution in [1.29, 1.82) is 0 Å². The molecule has 0 bridgehead atoms. The first-order valence-corrected chi connectivity index (χ1v) is 13.3. The van der Waals surface area contributed by atoms with Crippen LogP contribution in [0.4, 0.5) is 11.4 Å². The van der Waals surface area contributed by atoms with E-state index in [9.17, 15) is 5.11 Å². The van der Waals surface area contributed by atoms with Crippen LogP contribution in [-0.4, -0.2) is 44.8 Å². The smallest absolute Gasteiger partial charge is 0.155 e. The van der Waals surface area contributed by atoms with E-state index in [1.807, 2.05) is 28.2 Å². The maximum atomic E-state index is 11.2. The highest BCUT2D eigenvalue weighted by Gasteiger charge is 2.31. The third-order valence-electron chi connectivity index (χ3n) is 7.13. The van der Waals surface area contributed by atoms with Crippen molar-refractivity contribution in [3.63, 3.8) is 0 Å². The first kappa shape index (κ1) is 27.4. The number of phenols is 1. The van der Waals surface area contributed by atoms with Crippen LogP contribution >= 0.6 is 0 Å². The molecule has 1 aliphatic rings. The van der Waals surface area contributed by atoms with Gasteiger partial charge in [-0.15, -0.1) is 0 Å². The third kappa shape index (κ3) is 5.47. The Balaban J connectivity index is 1.89. The van der Waals surface area contributed by atoms with E-state index >= 15 is 0 Å². The molecule has 5 heteroatoms. The number of anilines is 2. The number of aliphatic imine (C=N–C) groups is 2. The topological polar surface area (TPSA) is 51.4 Å². The van der Waals surface area contributed by atoms with Crippen molar-refractivity contribution in [1.82, 2.24) is 0 Å². The van der Waals surface area contributed by atoms with E-state index in [2.05, 4.69) is 112 Å². The number of hydrogen-bond donors (Lipinski definition) is 1. The average molecular weight is 511 g/mol. The standard InChI is InChI=1S/C33H42N4O/c1-32(2,3)26-19-23(20-27(30(26)38)33(4,5)6)31-34-28(21-11-15-24(16-12-21)36(7)8)29(35-31)22-13-17-25(18-14-22)37(9)10/h11-20,28,38H,1-10H3. The van der Waals surface area contributed by atoms with E-state index in [4.69, 9.17) is 9.98 Å². The van der Waals surface area contributed by atoms with Crippen molar-refractivity contribution in [2.24, 2.45) is 9.98 Å². The summed E-state index contributed by atoms with van der Waals surface area (Å²) in [5.41, 5.74) is 7.69. The Morgan fingerprint density at radius 2 is 1.11 bits per heavy atom. The predicted molar refractivity (Wildman–Crippen MR) is 163 cm³/mol. The number of hydrogen-bond acceptors (Lipinski definition) is 5. The molecule has 0 saturated carbocycles. The zero-order valence-corrected chi connectivity index (χ0v) is 24.6. The molecular weight excluding hydrogens is 468 g/mol. The number of rotatable bonds is 5. The molecular formula is C33H42N4O. The maximum Gasteiger partial charge on any atom is 0.155 e. The molecule has 1 unspecified atom stereocenters. The third-order valence-corrected chi connectivity index (χ3v) is 7.13. The van der Waals surface area contributed by atoms with Crippen LogP contribution in [-0.2, 0) is 10.8 Å². The van der Waals surface area contributed by atoms with Gasteiger partial charge in [0.05, 0.1) is 5.71 Å². The van der Waals surface area contributed by atoms with Crippen LogP contribution in [0.5, 0.6) is 5.75 Å². The molecule has 38 heavy (non-hydrogen) atoms. The average Bonchev–Trinajstić information content (AvgIpc) is 3.28. The second-order valence-corrected chi connectivity index (χ2v) is 12.7. The van der Waals surface area contributed by atoms with Crippen LogP contribution in [0.1, 0.15) is 75.4 Å². The Bertz CT molecular complexity index is 1330. The van der Waals surface area contributed by atoms with Gasteiger partial charge in [0.25, 0.3) is 0 Å². The highest BCUT2D eigenvalue weighted by molar-refractivity contribution is 6.19. The molecule has 0 saturated heterocycles. The van der Waals surface area contributed by atoms with E-state index < -0.39 is 0 Å². The number of benzene rings is 3. The molecule has 4 rings (SSSR count). The summed E-state index contributed by atoms with van der Waals surface area (Å²) < 4.78 is 0. The van der Waals surface area contributed by atoms with Crippen LogP contribution < -0.4 is 9.80 Å². The Morgan fingerprint density at radius 1 is 0.658 bits per heavy atom. The van der Waals surface area contributed by atoms with Crippen LogP contribution in [0.3, 0.4) is 0 Å². The number of aromatic hydroxyl groups is 1. The molecule has 0 amide bonds. The quantitative estimate of drug-likeness (QED) is 0.398. The fourth-order valence-electron chi connectivity index (χ4n) is 4.77. The first-order chi connectivity index (χ1) is 17.7. The van der Waals surface area contributed by atoms with Gasteiger partial charge in [-0.25, -0.2) is 4.99 Å². The zero-order chi connectivity index (χ0) is 28.0. The normalized spacial score (nSPS) is 15.8. The Kier molecular flexibility index (Phi) is 7.17. The Hall–Kier alpha value is -3.60. The van der Waals surface area contributed by atoms with Crippen molar-refractivity contribution in [3.05, 3.63) is 88.5 Å². The molecule has 200 valence electrons. The lowest BCUT2D eigenvalue weighted by Gasteiger charge is -2.28. The summed E-state index contributed by atoms with van der Waals surface area (Å²) in [6.45, 7) is 12.8. The van der Waals surface area contributed by atoms with Gasteiger partial charge < -0.3 is 14.9 Å². The predicted octanol–water partition coefficient (Wildman–Crippen LogP) is 7.11. The Labute approximate surface area is 228 Å². The van der Waals surface area contributed by atoms with E-state index in [-0.39, 0.29) is 16.9 Å². The van der Waals surface area contributed by atoms with Gasteiger partial charge in [0.2, 0.25) is 0 Å². The molecule has 0 aromatic heterocycles. The second-order valence-electron chi connectivity index (χ2n) is 12.7. The molecule has 1 heterocycles. The fraction of sp³-hybridized carbons (Fsp3) is 0.394. The maximum absolute atomic E-state index is 11.2. The second kappa shape index (κ2) is 9.94. The van der Waals surface area contributed by atoms with E-state index in [1.165, 1.54) is 0 Å². The number of phenolic OH excluding ortho intramolecular Hbond substituents is 1. The zero-order valence-electron chi connectivity index (χ0n) is 24.6. The number of amidine groups is 1. The fourth-order valence-corrected chi connectivity index (χ4v) is 4.77. The summed E-state index contributed by atoms with van der Waals surface area (Å²) in [7, 11) is 8.18. The van der Waals surface area contributed by atoms with Crippen LogP contribution in [0.15, 0.2) is 70.6 Å². The molecule has 5 nitrogen and oxygen atoms in total. The van der Waals surface area contributed by atoms with Gasteiger partial charge >= 0.3 is 0 Å². The number of nitrogens with zero attached hydrogens (tertiary/aromatic N) is 4. The molecule has 1 atom stereocenters. The molecule has 0 aliphatic carbocycles. The Morgan fingerprint density at radius 3 is 1.53 bits per heavy atom. The van der Waals surface area contributed by atoms with Crippen LogP contribution in [0.25, 0.3) is 0 Å². The minimum atomic E-state index is -0.227. The SMILES string of the molecule is CN(C)c1ccc(C2=NC(c3cc(C(C)(C)C)c(O)c(C(C)(C)C)c3)=NC2c2ccc(N(C)C)cc2)cc1. The molecule has 0 radical (unpaired) electrons. The van der Waals surface area contributed by atoms with E-state index in [0.717, 1.165) is 44.9 Å². The molecule has 1 aliphatic heterocycles. The largest absolute Gasteiger partial charge is 0.507 e. The van der Waals surface area contributed by atoms with Crippen molar-refractivity contribution < 1.29 is 5.11 Å². The minimum absolute atomic E-state index is 0.212. The molecule has 0 fully saturated rings. The van der Waals surface area contributed by atoms with E-state index in [1.54, 1.807) is 0 Å². The lowest BCUT2D eigenvalue weighted by Crippen LogP contribution is -2.18. The lowest BCUT2D eigenvalue weighted by atomic mass is 9.78. The highest BCUT2D eigenvalue weighted by Crippen LogP contribution is 2.41. The highest BCUT2D eigenvalue weighted by atomic mass is 16.3. The molecule has 0 spiro atoms. The van der Waals surface area contributed by atoms with Gasteiger partial charge in [-0.3, -0.25) is 4.99 Å². The summed E-state index contributed by atoms with van der Waals surface area (Å²) in [5.74, 6) is 1.07. The van der Waals surface area contributed by atoms with Crippen molar-refractivity contribution in [3.8, 4) is 5.75 Å². The summed E-state index contributed by atoms with van der Waals surface area (Å²) in [6, 6.07) is 21.0. The van der Waals surface area contributed by atoms with Gasteiger partial charge in [0, 0.05) is 56.3 Å². The van der Waals surface area contributed by atoms with Crippen molar-refractivity contribution >= 4 is 22.9 Å². The van der Waals surface area contributed by atoms with Gasteiger partial charge in [-0.2, -0.15) is 0 Å². The van der Waals surface area contributed by atoms with Gasteiger partial charge in [-0.05, 0) is 58.4 Å². The van der Waals surface area contributed by atoms with Crippen LogP contribution in [0.2, 0.25) is 0 Å². The van der Waals surface area contributed by atoms with Crippen molar-refractivity contribution in [2.45, 2.75) is 58.4 Å².